The number of aromatic hydroxyl groups is 1. The molecule has 1 fully saturated rings. The number of aromatic nitrogens is 1. The van der Waals surface area contributed by atoms with E-state index in [1.807, 2.05) is 13.8 Å². The van der Waals surface area contributed by atoms with E-state index in [1.54, 1.807) is 60.8 Å². The van der Waals surface area contributed by atoms with Crippen LogP contribution in [0.25, 0.3) is 5.76 Å². The van der Waals surface area contributed by atoms with E-state index in [9.17, 15) is 19.8 Å². The topological polar surface area (TPSA) is 100.0 Å². The van der Waals surface area contributed by atoms with Gasteiger partial charge in [0.1, 0.15) is 23.3 Å². The Hall–Kier alpha value is -4.13. The molecule has 3 aromatic rings. The number of carbonyl (C=O) groups excluding carboxylic acids is 2. The average Bonchev–Trinajstić information content (AvgIpc) is 3.10. The van der Waals surface area contributed by atoms with E-state index < -0.39 is 17.7 Å². The normalized spacial score (nSPS) is 17.4. The molecule has 1 aromatic heterocycles. The monoisotopic (exact) mass is 444 g/mol. The van der Waals surface area contributed by atoms with Crippen LogP contribution in [-0.4, -0.2) is 33.5 Å². The number of aliphatic hydroxyl groups excluding tert-OH is 1. The van der Waals surface area contributed by atoms with E-state index in [4.69, 9.17) is 4.74 Å². The fourth-order valence-electron chi connectivity index (χ4n) is 3.83. The summed E-state index contributed by atoms with van der Waals surface area (Å²) in [6.07, 6.45) is 2.37. The Balaban J connectivity index is 1.91. The highest BCUT2D eigenvalue weighted by molar-refractivity contribution is 6.51. The van der Waals surface area contributed by atoms with Crippen molar-refractivity contribution in [1.82, 2.24) is 4.98 Å². The minimum absolute atomic E-state index is 0.104. The van der Waals surface area contributed by atoms with Gasteiger partial charge in [-0.05, 0) is 55.3 Å². The molecule has 1 aliphatic heterocycles. The number of aliphatic hydroxyl groups is 1. The van der Waals surface area contributed by atoms with Gasteiger partial charge in [0, 0.05) is 11.8 Å². The molecule has 1 atom stereocenters. The zero-order chi connectivity index (χ0) is 23.5. The summed E-state index contributed by atoms with van der Waals surface area (Å²) >= 11 is 0. The Bertz CT molecular complexity index is 1240. The average molecular weight is 444 g/mol. The first-order chi connectivity index (χ1) is 15.9. The lowest BCUT2D eigenvalue weighted by Gasteiger charge is -2.25. The summed E-state index contributed by atoms with van der Waals surface area (Å²) in [5.41, 5.74) is 1.60. The molecule has 1 amide bonds. The van der Waals surface area contributed by atoms with E-state index in [1.165, 1.54) is 11.0 Å². The van der Waals surface area contributed by atoms with Crippen LogP contribution >= 0.6 is 0 Å². The molecule has 0 spiro atoms. The van der Waals surface area contributed by atoms with Gasteiger partial charge < -0.3 is 14.9 Å². The van der Waals surface area contributed by atoms with Crippen molar-refractivity contribution in [3.05, 3.63) is 89.3 Å². The molecule has 168 valence electrons. The smallest absolute Gasteiger partial charge is 0.300 e. The number of hydrogen-bond acceptors (Lipinski definition) is 6. The Morgan fingerprint density at radius 1 is 1.09 bits per heavy atom. The Labute approximate surface area is 191 Å². The first kappa shape index (κ1) is 22.1. The van der Waals surface area contributed by atoms with Crippen LogP contribution in [0.3, 0.4) is 0 Å². The summed E-state index contributed by atoms with van der Waals surface area (Å²) in [4.78, 5) is 31.9. The van der Waals surface area contributed by atoms with Crippen LogP contribution in [0.5, 0.6) is 11.5 Å². The molecular formula is C26H24N2O5. The third-order valence-corrected chi connectivity index (χ3v) is 5.38. The molecule has 1 aliphatic rings. The van der Waals surface area contributed by atoms with Crippen molar-refractivity contribution in [3.63, 3.8) is 0 Å². The highest BCUT2D eigenvalue weighted by Gasteiger charge is 2.48. The van der Waals surface area contributed by atoms with Gasteiger partial charge in [0.25, 0.3) is 11.7 Å². The number of carbonyl (C=O) groups is 2. The molecule has 1 saturated heterocycles. The Morgan fingerprint density at radius 2 is 1.91 bits per heavy atom. The van der Waals surface area contributed by atoms with Crippen molar-refractivity contribution in [2.45, 2.75) is 26.3 Å². The summed E-state index contributed by atoms with van der Waals surface area (Å²) < 4.78 is 5.65. The number of pyridine rings is 1. The first-order valence-corrected chi connectivity index (χ1v) is 10.7. The summed E-state index contributed by atoms with van der Waals surface area (Å²) in [6.45, 7) is 4.31. The molecule has 2 N–H and O–H groups in total. The lowest BCUT2D eigenvalue weighted by Crippen LogP contribution is -2.30. The van der Waals surface area contributed by atoms with Gasteiger partial charge in [-0.25, -0.2) is 0 Å². The summed E-state index contributed by atoms with van der Waals surface area (Å²) in [6, 6.07) is 15.6. The molecule has 0 bridgehead atoms. The third-order valence-electron chi connectivity index (χ3n) is 5.38. The number of ketones is 1. The fraction of sp³-hybridized carbons (Fsp3) is 0.192. The number of amides is 1. The number of Topliss-reactive ketones (excluding diaryl/α,β-unsaturated/α-hetero) is 1. The molecule has 4 rings (SSSR count). The van der Waals surface area contributed by atoms with Crippen LogP contribution in [0.1, 0.15) is 36.2 Å². The van der Waals surface area contributed by atoms with Gasteiger partial charge in [-0.2, -0.15) is 0 Å². The molecule has 0 saturated carbocycles. The zero-order valence-corrected chi connectivity index (χ0v) is 18.4. The van der Waals surface area contributed by atoms with E-state index >= 15 is 0 Å². The molecule has 2 heterocycles. The maximum atomic E-state index is 13.2. The zero-order valence-electron chi connectivity index (χ0n) is 18.4. The van der Waals surface area contributed by atoms with E-state index in [0.29, 0.717) is 23.6 Å². The van der Waals surface area contributed by atoms with Gasteiger partial charge in [-0.15, -0.1) is 0 Å². The lowest BCUT2D eigenvalue weighted by molar-refractivity contribution is -0.132. The second-order valence-electron chi connectivity index (χ2n) is 7.79. The van der Waals surface area contributed by atoms with Gasteiger partial charge in [0.2, 0.25) is 0 Å². The number of phenolic OH excluding ortho intramolecular Hbond substituents is 1. The molecule has 2 aromatic carbocycles. The second kappa shape index (κ2) is 9.16. The van der Waals surface area contributed by atoms with E-state index in [2.05, 4.69) is 4.98 Å². The third kappa shape index (κ3) is 4.17. The van der Waals surface area contributed by atoms with E-state index in [0.717, 1.165) is 12.0 Å². The van der Waals surface area contributed by atoms with Crippen molar-refractivity contribution in [3.8, 4) is 11.5 Å². The summed E-state index contributed by atoms with van der Waals surface area (Å²) in [5, 5.41) is 21.7. The number of phenols is 1. The molecule has 0 radical (unpaired) electrons. The maximum absolute atomic E-state index is 13.2. The fourth-order valence-corrected chi connectivity index (χ4v) is 3.83. The number of ether oxygens (including phenoxy) is 1. The van der Waals surface area contributed by atoms with Crippen LogP contribution < -0.4 is 9.64 Å². The number of rotatable bonds is 6. The van der Waals surface area contributed by atoms with Crippen LogP contribution in [0.2, 0.25) is 0 Å². The Kier molecular flexibility index (Phi) is 6.13. The SMILES string of the molecule is CCCOc1cccc(/C(O)=C2\C(=O)C(=O)N(c3cc(C)ccc3O)C2c2ccccn2)c1. The van der Waals surface area contributed by atoms with Crippen LogP contribution in [0, 0.1) is 6.92 Å². The predicted molar refractivity (Wildman–Crippen MR) is 124 cm³/mol. The van der Waals surface area contributed by atoms with Gasteiger partial charge in [-0.3, -0.25) is 19.5 Å². The highest BCUT2D eigenvalue weighted by Crippen LogP contribution is 2.44. The summed E-state index contributed by atoms with van der Waals surface area (Å²) in [7, 11) is 0. The van der Waals surface area contributed by atoms with Crippen LogP contribution in [0.15, 0.2) is 72.4 Å². The standard InChI is InChI=1S/C26H24N2O5/c1-3-13-33-18-8-6-7-17(15-18)24(30)22-23(19-9-4-5-12-27-19)28(26(32)25(22)31)20-14-16(2)10-11-21(20)29/h4-12,14-15,23,29-30H,3,13H2,1-2H3/b24-22+. The number of benzene rings is 2. The largest absolute Gasteiger partial charge is 0.507 e. The quantitative estimate of drug-likeness (QED) is 0.330. The van der Waals surface area contributed by atoms with Crippen LogP contribution in [-0.2, 0) is 9.59 Å². The Morgan fingerprint density at radius 3 is 2.64 bits per heavy atom. The van der Waals surface area contributed by atoms with Gasteiger partial charge in [0.05, 0.1) is 23.6 Å². The number of hydrogen-bond donors (Lipinski definition) is 2. The van der Waals surface area contributed by atoms with E-state index in [-0.39, 0.29) is 22.8 Å². The number of anilines is 1. The molecule has 33 heavy (non-hydrogen) atoms. The van der Waals surface area contributed by atoms with Crippen molar-refractivity contribution in [2.75, 3.05) is 11.5 Å². The minimum atomic E-state index is -1.01. The van der Waals surface area contributed by atoms with Gasteiger partial charge in [0.15, 0.2) is 0 Å². The first-order valence-electron chi connectivity index (χ1n) is 10.7. The highest BCUT2D eigenvalue weighted by atomic mass is 16.5. The van der Waals surface area contributed by atoms with Crippen molar-refractivity contribution in [1.29, 1.82) is 0 Å². The summed E-state index contributed by atoms with van der Waals surface area (Å²) in [5.74, 6) is -1.66. The lowest BCUT2D eigenvalue weighted by atomic mass is 9.98. The van der Waals surface area contributed by atoms with Crippen LogP contribution in [0.4, 0.5) is 5.69 Å². The van der Waals surface area contributed by atoms with Gasteiger partial charge in [-0.1, -0.05) is 31.2 Å². The predicted octanol–water partition coefficient (Wildman–Crippen LogP) is 4.51. The van der Waals surface area contributed by atoms with Crippen molar-refractivity contribution >= 4 is 23.1 Å². The number of aryl methyl sites for hydroxylation is 1. The minimum Gasteiger partial charge on any atom is -0.507 e. The molecule has 7 nitrogen and oxygen atoms in total. The van der Waals surface area contributed by atoms with Crippen molar-refractivity contribution < 1.29 is 24.5 Å². The second-order valence-corrected chi connectivity index (χ2v) is 7.79. The van der Waals surface area contributed by atoms with Gasteiger partial charge >= 0.3 is 0 Å². The molecule has 7 heteroatoms. The molecular weight excluding hydrogens is 420 g/mol. The molecule has 1 unspecified atom stereocenters. The number of nitrogens with zero attached hydrogens (tertiary/aromatic N) is 2. The maximum Gasteiger partial charge on any atom is 0.300 e. The van der Waals surface area contributed by atoms with Crippen molar-refractivity contribution in [2.24, 2.45) is 0 Å². The molecule has 0 aliphatic carbocycles.